The normalized spacial score (nSPS) is 13.6. The van der Waals surface area contributed by atoms with Gasteiger partial charge in [-0.15, -0.1) is 0 Å². The summed E-state index contributed by atoms with van der Waals surface area (Å²) < 4.78 is 36.1. The van der Waals surface area contributed by atoms with Crippen molar-refractivity contribution in [3.63, 3.8) is 0 Å². The van der Waals surface area contributed by atoms with E-state index in [1.807, 2.05) is 0 Å². The smallest absolute Gasteiger partial charge is 0.288 e. The van der Waals surface area contributed by atoms with Crippen molar-refractivity contribution in [2.24, 2.45) is 0 Å². The van der Waals surface area contributed by atoms with Gasteiger partial charge in [0.25, 0.3) is 0 Å². The predicted octanol–water partition coefficient (Wildman–Crippen LogP) is 4.95. The quantitative estimate of drug-likeness (QED) is 0.444. The van der Waals surface area contributed by atoms with E-state index in [0.717, 1.165) is 19.3 Å². The van der Waals surface area contributed by atoms with Crippen molar-refractivity contribution in [3.05, 3.63) is 0 Å². The fraction of sp³-hybridized carbons (Fsp3) is 0.923. The fourth-order valence-electron chi connectivity index (χ4n) is 1.79. The van der Waals surface area contributed by atoms with E-state index in [0.29, 0.717) is 6.42 Å². The number of carbonyl (C=O) groups excluding carboxylic acids is 1. The fourth-order valence-corrected chi connectivity index (χ4v) is 2.12. The third-order valence-electron chi connectivity index (χ3n) is 2.91. The van der Waals surface area contributed by atoms with Gasteiger partial charge < -0.3 is 0 Å². The Bertz CT molecular complexity index is 229. The molecule has 0 radical (unpaired) electrons. The van der Waals surface area contributed by atoms with Crippen LogP contribution >= 0.6 is 12.6 Å². The molecule has 18 heavy (non-hydrogen) atoms. The number of thiol groups is 1. The minimum absolute atomic E-state index is 0.219. The molecule has 0 aromatic rings. The molecule has 1 nitrogen and oxygen atoms in total. The van der Waals surface area contributed by atoms with Crippen LogP contribution in [0.25, 0.3) is 0 Å². The molecule has 0 aliphatic rings. The van der Waals surface area contributed by atoms with Crippen molar-refractivity contribution in [2.75, 3.05) is 0 Å². The minimum Gasteiger partial charge on any atom is -0.288 e. The third-order valence-corrected chi connectivity index (χ3v) is 3.41. The molecule has 0 bridgehead atoms. The van der Waals surface area contributed by atoms with Gasteiger partial charge in [0.15, 0.2) is 0 Å². The Hall–Kier alpha value is -0.190. The molecular weight excluding hydrogens is 261 g/mol. The van der Waals surface area contributed by atoms with Gasteiger partial charge in [-0.05, 0) is 6.42 Å². The molecule has 5 heteroatoms. The van der Waals surface area contributed by atoms with Crippen LogP contribution in [0.3, 0.4) is 0 Å². The first-order valence-electron chi connectivity index (χ1n) is 6.68. The number of Topliss-reactive ketones (excluding diaryl/α,β-unsaturated/α-hetero) is 1. The van der Waals surface area contributed by atoms with Crippen LogP contribution < -0.4 is 0 Å². The van der Waals surface area contributed by atoms with E-state index in [1.54, 1.807) is 0 Å². The Morgan fingerprint density at radius 3 is 1.89 bits per heavy atom. The van der Waals surface area contributed by atoms with Gasteiger partial charge in [-0.1, -0.05) is 58.3 Å². The third kappa shape index (κ3) is 8.84. The van der Waals surface area contributed by atoms with Gasteiger partial charge in [0, 0.05) is 0 Å². The minimum atomic E-state index is -4.74. The Kier molecular flexibility index (Phi) is 9.60. The Balaban J connectivity index is 3.46. The number of rotatable bonds is 10. The molecule has 0 fully saturated rings. The highest BCUT2D eigenvalue weighted by atomic mass is 32.1. The zero-order chi connectivity index (χ0) is 14.0. The predicted molar refractivity (Wildman–Crippen MR) is 71.1 cm³/mol. The topological polar surface area (TPSA) is 17.1 Å². The average molecular weight is 284 g/mol. The molecule has 0 amide bonds. The lowest BCUT2D eigenvalue weighted by molar-refractivity contribution is -0.170. The van der Waals surface area contributed by atoms with Crippen LogP contribution in [0.4, 0.5) is 13.2 Å². The standard InChI is InChI=1S/C13H23F3OS/c1-2-3-4-5-6-7-8-9-10-11(18)12(17)13(14,15)16/h11,18H,2-10H2,1H3. The van der Waals surface area contributed by atoms with Gasteiger partial charge >= 0.3 is 6.18 Å². The van der Waals surface area contributed by atoms with Gasteiger partial charge in [0.1, 0.15) is 0 Å². The molecule has 0 aliphatic heterocycles. The first-order chi connectivity index (χ1) is 8.39. The summed E-state index contributed by atoms with van der Waals surface area (Å²) in [5, 5.41) is -1.19. The SMILES string of the molecule is CCCCCCCCCCC(S)C(=O)C(F)(F)F. The molecule has 0 saturated carbocycles. The summed E-state index contributed by atoms with van der Waals surface area (Å²) in [4.78, 5) is 10.8. The van der Waals surface area contributed by atoms with Crippen molar-refractivity contribution < 1.29 is 18.0 Å². The van der Waals surface area contributed by atoms with Gasteiger partial charge in [0.05, 0.1) is 5.25 Å². The van der Waals surface area contributed by atoms with Crippen LogP contribution in [0.1, 0.15) is 64.7 Å². The number of hydrogen-bond donors (Lipinski definition) is 1. The number of carbonyl (C=O) groups is 1. The molecule has 108 valence electrons. The summed E-state index contributed by atoms with van der Waals surface area (Å²) in [6.07, 6.45) is 4.05. The van der Waals surface area contributed by atoms with E-state index in [4.69, 9.17) is 0 Å². The van der Waals surface area contributed by atoms with Crippen molar-refractivity contribution in [1.82, 2.24) is 0 Å². The summed E-state index contributed by atoms with van der Waals surface area (Å²) in [5.74, 6) is -1.71. The van der Waals surface area contributed by atoms with Crippen molar-refractivity contribution >= 4 is 18.4 Å². The second kappa shape index (κ2) is 9.70. The van der Waals surface area contributed by atoms with Crippen LogP contribution in [0.2, 0.25) is 0 Å². The molecule has 0 rings (SSSR count). The molecule has 1 atom stereocenters. The number of ketones is 1. The summed E-state index contributed by atoms with van der Waals surface area (Å²) >= 11 is 3.72. The van der Waals surface area contributed by atoms with Gasteiger partial charge in [-0.2, -0.15) is 25.8 Å². The lowest BCUT2D eigenvalue weighted by Gasteiger charge is -2.11. The zero-order valence-electron chi connectivity index (χ0n) is 10.9. The van der Waals surface area contributed by atoms with E-state index in [9.17, 15) is 18.0 Å². The van der Waals surface area contributed by atoms with Crippen LogP contribution in [-0.2, 0) is 4.79 Å². The number of alkyl halides is 3. The second-order valence-corrected chi connectivity index (χ2v) is 5.26. The second-order valence-electron chi connectivity index (χ2n) is 4.64. The molecular formula is C13H23F3OS. The van der Waals surface area contributed by atoms with Crippen LogP contribution in [0.5, 0.6) is 0 Å². The first kappa shape index (κ1) is 17.8. The van der Waals surface area contributed by atoms with E-state index in [2.05, 4.69) is 19.6 Å². The molecule has 0 heterocycles. The maximum Gasteiger partial charge on any atom is 0.451 e. The number of hydrogen-bond acceptors (Lipinski definition) is 2. The Labute approximate surface area is 113 Å². The highest BCUT2D eigenvalue weighted by Crippen LogP contribution is 2.23. The Morgan fingerprint density at radius 1 is 1.00 bits per heavy atom. The van der Waals surface area contributed by atoms with E-state index < -0.39 is 17.2 Å². The first-order valence-corrected chi connectivity index (χ1v) is 7.20. The highest BCUT2D eigenvalue weighted by Gasteiger charge is 2.41. The van der Waals surface area contributed by atoms with E-state index in [1.165, 1.54) is 25.7 Å². The molecule has 0 saturated heterocycles. The van der Waals surface area contributed by atoms with Crippen LogP contribution in [0.15, 0.2) is 0 Å². The van der Waals surface area contributed by atoms with Gasteiger partial charge in [0.2, 0.25) is 5.78 Å². The summed E-state index contributed by atoms with van der Waals surface area (Å²) in [6, 6.07) is 0. The lowest BCUT2D eigenvalue weighted by Crippen LogP contribution is -2.31. The summed E-state index contributed by atoms with van der Waals surface area (Å²) in [7, 11) is 0. The van der Waals surface area contributed by atoms with Crippen molar-refractivity contribution in [1.29, 1.82) is 0 Å². The van der Waals surface area contributed by atoms with E-state index >= 15 is 0 Å². The maximum atomic E-state index is 12.0. The molecule has 0 aromatic carbocycles. The summed E-state index contributed by atoms with van der Waals surface area (Å²) in [6.45, 7) is 2.16. The van der Waals surface area contributed by atoms with Crippen LogP contribution in [0, 0.1) is 0 Å². The molecule has 1 unspecified atom stereocenters. The maximum absolute atomic E-state index is 12.0. The average Bonchev–Trinajstić information content (AvgIpc) is 2.30. The van der Waals surface area contributed by atoms with E-state index in [-0.39, 0.29) is 6.42 Å². The summed E-state index contributed by atoms with van der Waals surface area (Å²) in [5.41, 5.74) is 0. The van der Waals surface area contributed by atoms with Crippen LogP contribution in [-0.4, -0.2) is 17.2 Å². The zero-order valence-corrected chi connectivity index (χ0v) is 11.8. The highest BCUT2D eigenvalue weighted by molar-refractivity contribution is 7.81. The largest absolute Gasteiger partial charge is 0.451 e. The Morgan fingerprint density at radius 2 is 1.44 bits per heavy atom. The molecule has 0 N–H and O–H groups in total. The van der Waals surface area contributed by atoms with Gasteiger partial charge in [-0.3, -0.25) is 4.79 Å². The number of unbranched alkanes of at least 4 members (excludes halogenated alkanes) is 7. The van der Waals surface area contributed by atoms with Crippen molar-refractivity contribution in [3.8, 4) is 0 Å². The lowest BCUT2D eigenvalue weighted by atomic mass is 10.1. The van der Waals surface area contributed by atoms with Crippen molar-refractivity contribution in [2.45, 2.75) is 76.1 Å². The monoisotopic (exact) mass is 284 g/mol. The number of halogens is 3. The molecule has 0 spiro atoms. The van der Waals surface area contributed by atoms with Gasteiger partial charge in [-0.25, -0.2) is 0 Å². The molecule has 0 aromatic heterocycles. The molecule has 0 aliphatic carbocycles.